The van der Waals surface area contributed by atoms with Gasteiger partial charge in [0, 0.05) is 32.9 Å². The maximum atomic E-state index is 13.1. The molecule has 1 atom stereocenters. The number of aryl methyl sites for hydroxylation is 2. The molecule has 4 heterocycles. The molecule has 0 unspecified atom stereocenters. The highest BCUT2D eigenvalue weighted by atomic mass is 16.2. The number of nitrogens with zero attached hydrogens (tertiary/aromatic N) is 7. The summed E-state index contributed by atoms with van der Waals surface area (Å²) in [7, 11) is 1.82. The fourth-order valence-corrected chi connectivity index (χ4v) is 4.79. The van der Waals surface area contributed by atoms with E-state index in [1.165, 1.54) is 11.1 Å². The van der Waals surface area contributed by atoms with E-state index in [0.29, 0.717) is 37.4 Å². The Hall–Kier alpha value is -3.49. The number of fused-ring (bicyclic) bond motifs is 1. The van der Waals surface area contributed by atoms with Crippen LogP contribution >= 0.6 is 0 Å². The van der Waals surface area contributed by atoms with Crippen LogP contribution in [0.5, 0.6) is 0 Å². The molecule has 3 aromatic rings. The molecular formula is C23H27N7O2. The lowest BCUT2D eigenvalue weighted by Gasteiger charge is -2.28. The van der Waals surface area contributed by atoms with Gasteiger partial charge in [-0.2, -0.15) is 5.10 Å². The lowest BCUT2D eigenvalue weighted by molar-refractivity contribution is 0.0714. The summed E-state index contributed by atoms with van der Waals surface area (Å²) in [4.78, 5) is 29.8. The zero-order chi connectivity index (χ0) is 22.2. The maximum Gasteiger partial charge on any atom is 0.276 e. The number of likely N-dealkylation sites (tertiary alicyclic amines) is 1. The van der Waals surface area contributed by atoms with E-state index in [2.05, 4.69) is 27.5 Å². The van der Waals surface area contributed by atoms with E-state index in [4.69, 9.17) is 0 Å². The van der Waals surface area contributed by atoms with Crippen LogP contribution in [-0.2, 0) is 26.6 Å². The van der Waals surface area contributed by atoms with Crippen molar-refractivity contribution in [2.24, 2.45) is 7.05 Å². The number of carbonyl (C=O) groups is 2. The average Bonchev–Trinajstić information content (AvgIpc) is 3.53. The van der Waals surface area contributed by atoms with E-state index in [1.807, 2.05) is 35.9 Å². The van der Waals surface area contributed by atoms with Gasteiger partial charge >= 0.3 is 0 Å². The number of benzene rings is 1. The highest BCUT2D eigenvalue weighted by molar-refractivity contribution is 5.95. The van der Waals surface area contributed by atoms with Gasteiger partial charge in [-0.05, 0) is 37.3 Å². The van der Waals surface area contributed by atoms with Crippen LogP contribution in [0.25, 0.3) is 0 Å². The Kier molecular flexibility index (Phi) is 5.24. The first-order chi connectivity index (χ1) is 15.5. The van der Waals surface area contributed by atoms with E-state index >= 15 is 0 Å². The van der Waals surface area contributed by atoms with Crippen molar-refractivity contribution in [1.82, 2.24) is 34.6 Å². The number of hydrogen-bond acceptors (Lipinski definition) is 5. The molecule has 0 bridgehead atoms. The van der Waals surface area contributed by atoms with Crippen molar-refractivity contribution in [3.63, 3.8) is 0 Å². The topological polar surface area (TPSA) is 89.2 Å². The van der Waals surface area contributed by atoms with E-state index in [-0.39, 0.29) is 17.9 Å². The zero-order valence-electron chi connectivity index (χ0n) is 18.4. The van der Waals surface area contributed by atoms with Gasteiger partial charge in [0.15, 0.2) is 5.69 Å². The van der Waals surface area contributed by atoms with Crippen LogP contribution in [0.3, 0.4) is 0 Å². The van der Waals surface area contributed by atoms with E-state index in [1.54, 1.807) is 21.8 Å². The second kappa shape index (κ2) is 8.22. The Bertz CT molecular complexity index is 1160. The van der Waals surface area contributed by atoms with Crippen molar-refractivity contribution in [3.8, 4) is 0 Å². The van der Waals surface area contributed by atoms with Crippen LogP contribution in [0.1, 0.15) is 50.5 Å². The highest BCUT2D eigenvalue weighted by Gasteiger charge is 2.32. The summed E-state index contributed by atoms with van der Waals surface area (Å²) in [5.41, 5.74) is 4.21. The van der Waals surface area contributed by atoms with Crippen LogP contribution < -0.4 is 0 Å². The predicted molar refractivity (Wildman–Crippen MR) is 117 cm³/mol. The summed E-state index contributed by atoms with van der Waals surface area (Å²) >= 11 is 0. The summed E-state index contributed by atoms with van der Waals surface area (Å²) in [5.74, 6) is -0.0995. The second-order valence-electron chi connectivity index (χ2n) is 8.67. The normalized spacial score (nSPS) is 18.1. The first-order valence-corrected chi connectivity index (χ1v) is 11.1. The molecule has 0 spiro atoms. The Morgan fingerprint density at radius 1 is 1.09 bits per heavy atom. The fraction of sp³-hybridized carbons (Fsp3) is 0.435. The summed E-state index contributed by atoms with van der Waals surface area (Å²) in [5, 5.41) is 12.6. The number of amides is 2. The summed E-state index contributed by atoms with van der Waals surface area (Å²) in [6, 6.07) is 8.25. The second-order valence-corrected chi connectivity index (χ2v) is 8.67. The van der Waals surface area contributed by atoms with Crippen LogP contribution in [0.2, 0.25) is 0 Å². The van der Waals surface area contributed by atoms with Gasteiger partial charge in [-0.1, -0.05) is 29.5 Å². The van der Waals surface area contributed by atoms with Crippen LogP contribution in [0, 0.1) is 6.92 Å². The minimum atomic E-state index is -0.101. The molecule has 1 fully saturated rings. The lowest BCUT2D eigenvalue weighted by atomic mass is 10.00. The average molecular weight is 434 g/mol. The van der Waals surface area contributed by atoms with Gasteiger partial charge in [-0.3, -0.25) is 14.3 Å². The molecule has 1 aromatic carbocycles. The van der Waals surface area contributed by atoms with Gasteiger partial charge in [-0.15, -0.1) is 5.10 Å². The van der Waals surface area contributed by atoms with Crippen molar-refractivity contribution in [1.29, 1.82) is 0 Å². The number of carbonyl (C=O) groups excluding carboxylic acids is 2. The Balaban J connectivity index is 1.26. The number of aromatic nitrogens is 5. The minimum absolute atomic E-state index is 0.00139. The largest absolute Gasteiger partial charge is 0.334 e. The van der Waals surface area contributed by atoms with E-state index < -0.39 is 0 Å². The molecule has 32 heavy (non-hydrogen) atoms. The summed E-state index contributed by atoms with van der Waals surface area (Å²) in [6.45, 7) is 4.36. The zero-order valence-corrected chi connectivity index (χ0v) is 18.4. The number of rotatable bonds is 4. The highest BCUT2D eigenvalue weighted by Crippen LogP contribution is 2.23. The molecule has 0 aliphatic carbocycles. The Labute approximate surface area is 186 Å². The van der Waals surface area contributed by atoms with Crippen molar-refractivity contribution in [2.45, 2.75) is 45.3 Å². The molecular weight excluding hydrogens is 406 g/mol. The standard InChI is InChI=1S/C23H27N7O2/c1-16-20(14-27(2)25-16)22(31)30-10-5-8-19(30)13-29-15-21(24-26-29)23(32)28-11-9-17-6-3-4-7-18(17)12-28/h3-4,6-7,14-15,19H,5,8-13H2,1-2H3/t19-/m0/s1. The Morgan fingerprint density at radius 3 is 2.69 bits per heavy atom. The first kappa shape index (κ1) is 20.4. The molecule has 2 aliphatic heterocycles. The molecule has 0 saturated carbocycles. The molecule has 9 heteroatoms. The van der Waals surface area contributed by atoms with Crippen LogP contribution in [-0.4, -0.2) is 65.5 Å². The van der Waals surface area contributed by atoms with Crippen molar-refractivity contribution >= 4 is 11.8 Å². The number of hydrogen-bond donors (Lipinski definition) is 0. The fourth-order valence-electron chi connectivity index (χ4n) is 4.79. The molecule has 2 amide bonds. The predicted octanol–water partition coefficient (Wildman–Crippen LogP) is 1.82. The SMILES string of the molecule is Cc1nn(C)cc1C(=O)N1CCC[C@H]1Cn1cc(C(=O)N2CCc3ccccc3C2)nn1. The van der Waals surface area contributed by atoms with Gasteiger partial charge in [-0.25, -0.2) is 4.68 Å². The minimum Gasteiger partial charge on any atom is -0.334 e. The summed E-state index contributed by atoms with van der Waals surface area (Å²) in [6.07, 6.45) is 6.18. The van der Waals surface area contributed by atoms with Gasteiger partial charge in [0.25, 0.3) is 11.8 Å². The van der Waals surface area contributed by atoms with Gasteiger partial charge in [0.05, 0.1) is 30.0 Å². The smallest absolute Gasteiger partial charge is 0.276 e. The monoisotopic (exact) mass is 433 g/mol. The first-order valence-electron chi connectivity index (χ1n) is 11.1. The quantitative estimate of drug-likeness (QED) is 0.626. The van der Waals surface area contributed by atoms with Crippen LogP contribution in [0.15, 0.2) is 36.7 Å². The van der Waals surface area contributed by atoms with Crippen molar-refractivity contribution < 1.29 is 9.59 Å². The molecule has 5 rings (SSSR count). The maximum absolute atomic E-state index is 13.1. The third-order valence-corrected chi connectivity index (χ3v) is 6.46. The van der Waals surface area contributed by atoms with Gasteiger partial charge in [0.1, 0.15) is 0 Å². The molecule has 9 nitrogen and oxygen atoms in total. The van der Waals surface area contributed by atoms with Gasteiger partial charge < -0.3 is 9.80 Å². The summed E-state index contributed by atoms with van der Waals surface area (Å²) < 4.78 is 3.36. The molecule has 0 radical (unpaired) electrons. The van der Waals surface area contributed by atoms with E-state index in [9.17, 15) is 9.59 Å². The molecule has 166 valence electrons. The third kappa shape index (κ3) is 3.79. The van der Waals surface area contributed by atoms with Crippen molar-refractivity contribution in [3.05, 3.63) is 64.7 Å². The van der Waals surface area contributed by atoms with Gasteiger partial charge in [0.2, 0.25) is 0 Å². The molecule has 2 aromatic heterocycles. The molecule has 0 N–H and O–H groups in total. The van der Waals surface area contributed by atoms with Crippen molar-refractivity contribution in [2.75, 3.05) is 13.1 Å². The van der Waals surface area contributed by atoms with E-state index in [0.717, 1.165) is 25.0 Å². The Morgan fingerprint density at radius 2 is 1.91 bits per heavy atom. The molecule has 1 saturated heterocycles. The van der Waals surface area contributed by atoms with Crippen LogP contribution in [0.4, 0.5) is 0 Å². The third-order valence-electron chi connectivity index (χ3n) is 6.46. The molecule has 2 aliphatic rings. The lowest BCUT2D eigenvalue weighted by Crippen LogP contribution is -2.38.